The van der Waals surface area contributed by atoms with Crippen molar-refractivity contribution in [1.29, 1.82) is 0 Å². The van der Waals surface area contributed by atoms with Crippen LogP contribution in [-0.2, 0) is 0 Å². The van der Waals surface area contributed by atoms with E-state index in [9.17, 15) is 0 Å². The van der Waals surface area contributed by atoms with Gasteiger partial charge in [0.25, 0.3) is 0 Å². The van der Waals surface area contributed by atoms with Crippen LogP contribution in [0.5, 0.6) is 11.5 Å². The molecular weight excluding hydrogens is 975 g/mol. The Morgan fingerprint density at radius 3 is 0.700 bits per heavy atom. The van der Waals surface area contributed by atoms with E-state index in [-0.39, 0.29) is 0 Å². The first-order valence-corrected chi connectivity index (χ1v) is 27.1. The van der Waals surface area contributed by atoms with Crippen LogP contribution in [0.4, 0.5) is 85.3 Å². The third kappa shape index (κ3) is 10.9. The molecule has 0 saturated heterocycles. The van der Waals surface area contributed by atoms with Crippen molar-refractivity contribution in [3.8, 4) is 11.5 Å². The quantitative estimate of drug-likeness (QED) is 0.0901. The Labute approximate surface area is 470 Å². The van der Waals surface area contributed by atoms with E-state index in [4.69, 9.17) is 4.74 Å². The van der Waals surface area contributed by atoms with E-state index in [1.165, 1.54) is 0 Å². The van der Waals surface area contributed by atoms with E-state index in [0.717, 1.165) is 96.4 Å². The number of anilines is 15. The average Bonchev–Trinajstić information content (AvgIpc) is 3.55. The van der Waals surface area contributed by atoms with Crippen LogP contribution in [0.2, 0.25) is 0 Å². The summed E-state index contributed by atoms with van der Waals surface area (Å²) < 4.78 is 7.29. The fourth-order valence-electron chi connectivity index (χ4n) is 10.6. The predicted molar refractivity (Wildman–Crippen MR) is 336 cm³/mol. The Balaban J connectivity index is 1.06. The van der Waals surface area contributed by atoms with Crippen molar-refractivity contribution in [3.05, 3.63) is 333 Å². The van der Waals surface area contributed by atoms with Crippen LogP contribution in [0, 0.1) is 13.8 Å². The molecule has 80 heavy (non-hydrogen) atoms. The molecule has 0 fully saturated rings. The number of nitrogens with zero attached hydrogens (tertiary/aromatic N) is 5. The normalized spacial score (nSPS) is 10.9. The van der Waals surface area contributed by atoms with Gasteiger partial charge in [-0.1, -0.05) is 170 Å². The minimum absolute atomic E-state index is 0.675. The molecule has 0 heterocycles. The highest BCUT2D eigenvalue weighted by molar-refractivity contribution is 5.91. The van der Waals surface area contributed by atoms with Crippen molar-refractivity contribution >= 4 is 85.3 Å². The standard InChI is InChI=1S/C74H59N5O/c1-56-29-27-30-57(2)74(56)79(69-50-67(75(58-31-11-3-12-32-58)59-33-13-4-14-34-59)49-68(51-69)76(60-35-15-5-16-36-60)61-37-17-6-18-38-61)66-47-28-48-72(53-66)80-73-54-70(77(62-39-19-7-20-40-62)63-41-21-8-22-42-63)52-71(55-73)78(64-43-23-9-24-44-64)65-45-25-10-26-46-65/h3-55H,1-2H3. The molecule has 6 nitrogen and oxygen atoms in total. The van der Waals surface area contributed by atoms with E-state index in [1.54, 1.807) is 0 Å². The third-order valence-corrected chi connectivity index (χ3v) is 14.1. The van der Waals surface area contributed by atoms with Crippen molar-refractivity contribution in [1.82, 2.24) is 0 Å². The molecule has 0 aliphatic heterocycles. The lowest BCUT2D eigenvalue weighted by molar-refractivity contribution is 0.483. The number of aryl methyl sites for hydroxylation is 2. The second kappa shape index (κ2) is 23.4. The Hall–Kier alpha value is -10.6. The van der Waals surface area contributed by atoms with E-state index < -0.39 is 0 Å². The molecule has 6 heteroatoms. The molecule has 0 spiro atoms. The zero-order chi connectivity index (χ0) is 54.0. The molecule has 0 aromatic heterocycles. The summed E-state index contributed by atoms with van der Waals surface area (Å²) in [6.45, 7) is 4.40. The Bertz CT molecular complexity index is 3560. The topological polar surface area (TPSA) is 25.4 Å². The van der Waals surface area contributed by atoms with Gasteiger partial charge >= 0.3 is 0 Å². The number of rotatable bonds is 17. The van der Waals surface area contributed by atoms with Crippen molar-refractivity contribution in [3.63, 3.8) is 0 Å². The lowest BCUT2D eigenvalue weighted by Crippen LogP contribution is -2.17. The first-order valence-electron chi connectivity index (χ1n) is 27.1. The van der Waals surface area contributed by atoms with E-state index in [1.807, 2.05) is 0 Å². The van der Waals surface area contributed by atoms with Crippen LogP contribution in [0.15, 0.2) is 322 Å². The Morgan fingerprint density at radius 1 is 0.188 bits per heavy atom. The molecule has 0 aliphatic rings. The van der Waals surface area contributed by atoms with E-state index >= 15 is 0 Å². The second-order valence-electron chi connectivity index (χ2n) is 19.6. The van der Waals surface area contributed by atoms with Gasteiger partial charge in [0.1, 0.15) is 11.5 Å². The van der Waals surface area contributed by atoms with Crippen LogP contribution in [-0.4, -0.2) is 0 Å². The first-order chi connectivity index (χ1) is 39.5. The summed E-state index contributed by atoms with van der Waals surface area (Å²) in [7, 11) is 0. The summed E-state index contributed by atoms with van der Waals surface area (Å²) >= 11 is 0. The van der Waals surface area contributed by atoms with Crippen molar-refractivity contribution in [2.24, 2.45) is 0 Å². The van der Waals surface area contributed by atoms with Gasteiger partial charge in [-0.05, 0) is 158 Å². The number of hydrogen-bond donors (Lipinski definition) is 0. The maximum absolute atomic E-state index is 7.29. The molecule has 386 valence electrons. The molecule has 0 unspecified atom stereocenters. The molecule has 0 bridgehead atoms. The van der Waals surface area contributed by atoms with Gasteiger partial charge in [0.05, 0.1) is 34.1 Å². The number of para-hydroxylation sites is 9. The van der Waals surface area contributed by atoms with E-state index in [2.05, 4.69) is 360 Å². The highest BCUT2D eigenvalue weighted by Gasteiger charge is 2.25. The van der Waals surface area contributed by atoms with Gasteiger partial charge in [-0.3, -0.25) is 0 Å². The summed E-state index contributed by atoms with van der Waals surface area (Å²) in [4.78, 5) is 11.7. The van der Waals surface area contributed by atoms with Crippen LogP contribution >= 0.6 is 0 Å². The number of ether oxygens (including phenoxy) is 1. The largest absolute Gasteiger partial charge is 0.457 e. The molecule has 0 aliphatic carbocycles. The van der Waals surface area contributed by atoms with Crippen LogP contribution < -0.4 is 29.2 Å². The number of benzene rings is 12. The summed E-state index contributed by atoms with van der Waals surface area (Å²) in [6, 6.07) is 113. The smallest absolute Gasteiger partial charge is 0.131 e. The van der Waals surface area contributed by atoms with Crippen molar-refractivity contribution in [2.45, 2.75) is 13.8 Å². The van der Waals surface area contributed by atoms with Crippen LogP contribution in [0.1, 0.15) is 11.1 Å². The summed E-state index contributed by atoms with van der Waals surface area (Å²) in [5, 5.41) is 0. The zero-order valence-corrected chi connectivity index (χ0v) is 44.7. The van der Waals surface area contributed by atoms with Gasteiger partial charge in [0.15, 0.2) is 0 Å². The molecule has 12 aromatic rings. The summed E-state index contributed by atoms with van der Waals surface area (Å²) in [6.07, 6.45) is 0. The number of hydrogen-bond acceptors (Lipinski definition) is 6. The molecule has 12 rings (SSSR count). The highest BCUT2D eigenvalue weighted by atomic mass is 16.5. The van der Waals surface area contributed by atoms with Crippen molar-refractivity contribution in [2.75, 3.05) is 24.5 Å². The lowest BCUT2D eigenvalue weighted by atomic mass is 10.0. The SMILES string of the molecule is Cc1cccc(C)c1N(c1cccc(Oc2cc(N(c3ccccc3)c3ccccc3)cc(N(c3ccccc3)c3ccccc3)c2)c1)c1cc(N(c2ccccc2)c2ccccc2)cc(N(c2ccccc2)c2ccccc2)c1. The molecule has 0 radical (unpaired) electrons. The highest BCUT2D eigenvalue weighted by Crippen LogP contribution is 2.49. The minimum Gasteiger partial charge on any atom is -0.457 e. The molecule has 0 atom stereocenters. The fraction of sp³-hybridized carbons (Fsp3) is 0.0270. The second-order valence-corrected chi connectivity index (χ2v) is 19.6. The fourth-order valence-corrected chi connectivity index (χ4v) is 10.6. The minimum atomic E-state index is 0.675. The summed E-state index contributed by atoms with van der Waals surface area (Å²) in [5.74, 6) is 1.36. The van der Waals surface area contributed by atoms with E-state index in [0.29, 0.717) is 11.5 Å². The van der Waals surface area contributed by atoms with Gasteiger partial charge in [-0.2, -0.15) is 0 Å². The molecule has 12 aromatic carbocycles. The molecule has 0 N–H and O–H groups in total. The van der Waals surface area contributed by atoms with Crippen LogP contribution in [0.3, 0.4) is 0 Å². The van der Waals surface area contributed by atoms with Crippen LogP contribution in [0.25, 0.3) is 0 Å². The molecular formula is C74H59N5O. The van der Waals surface area contributed by atoms with Gasteiger partial charge in [-0.25, -0.2) is 0 Å². The zero-order valence-electron chi connectivity index (χ0n) is 44.7. The van der Waals surface area contributed by atoms with Gasteiger partial charge in [0.2, 0.25) is 0 Å². The molecule has 0 saturated carbocycles. The Kier molecular flexibility index (Phi) is 14.7. The monoisotopic (exact) mass is 1030 g/mol. The van der Waals surface area contributed by atoms with Gasteiger partial charge in [-0.15, -0.1) is 0 Å². The third-order valence-electron chi connectivity index (χ3n) is 14.1. The lowest BCUT2D eigenvalue weighted by Gasteiger charge is -2.34. The van der Waals surface area contributed by atoms with Gasteiger partial charge in [0, 0.05) is 69.4 Å². The Morgan fingerprint density at radius 2 is 0.412 bits per heavy atom. The maximum atomic E-state index is 7.29. The molecule has 0 amide bonds. The predicted octanol–water partition coefficient (Wildman–Crippen LogP) is 21.4. The summed E-state index contributed by atoms with van der Waals surface area (Å²) in [5.41, 5.74) is 17.4. The first kappa shape index (κ1) is 50.3. The maximum Gasteiger partial charge on any atom is 0.131 e. The average molecular weight is 1030 g/mol. The van der Waals surface area contributed by atoms with Gasteiger partial charge < -0.3 is 29.2 Å². The van der Waals surface area contributed by atoms with Crippen molar-refractivity contribution < 1.29 is 4.74 Å².